The minimum absolute atomic E-state index is 0.202. The molecule has 2 fully saturated rings. The Morgan fingerprint density at radius 1 is 0.750 bits per heavy atom. The maximum absolute atomic E-state index is 13.2. The van der Waals surface area contributed by atoms with Crippen molar-refractivity contribution in [2.24, 2.45) is 0 Å². The fourth-order valence-electron chi connectivity index (χ4n) is 4.64. The number of ether oxygens (including phenoxy) is 4. The molecule has 5 rings (SSSR count). The van der Waals surface area contributed by atoms with E-state index >= 15 is 0 Å². The zero-order valence-electron chi connectivity index (χ0n) is 21.2. The SMILES string of the molecule is C[C@@H]1O[C@@H](Oc2ccc3c(=O)c(-c4ccc(O[C@@H]5O[C@H](CO)[C@@H](O)[C@H](O)[C@H]5O)cc4)coc3c2)[C@H](O)[C@H](O)[C@H]1O. The summed E-state index contributed by atoms with van der Waals surface area (Å²) >= 11 is 0. The molecule has 13 nitrogen and oxygen atoms in total. The number of fused-ring (bicyclic) bond motifs is 1. The summed E-state index contributed by atoms with van der Waals surface area (Å²) in [6.07, 6.45) is -12.1. The number of aliphatic hydroxyl groups excluding tert-OH is 7. The monoisotopic (exact) mass is 562 g/mol. The molecule has 0 radical (unpaired) electrons. The minimum Gasteiger partial charge on any atom is -0.463 e. The third-order valence-corrected chi connectivity index (χ3v) is 7.07. The fourth-order valence-corrected chi connectivity index (χ4v) is 4.64. The first kappa shape index (κ1) is 28.4. The lowest BCUT2D eigenvalue weighted by atomic mass is 9.99. The Balaban J connectivity index is 1.31. The van der Waals surface area contributed by atoms with Crippen molar-refractivity contribution in [1.82, 2.24) is 0 Å². The lowest BCUT2D eigenvalue weighted by Crippen LogP contribution is -2.60. The van der Waals surface area contributed by atoms with Gasteiger partial charge in [-0.1, -0.05) is 12.1 Å². The maximum atomic E-state index is 13.2. The van der Waals surface area contributed by atoms with Crippen LogP contribution in [0.5, 0.6) is 11.5 Å². The Labute approximate surface area is 227 Å². The van der Waals surface area contributed by atoms with Gasteiger partial charge in [-0.25, -0.2) is 0 Å². The molecule has 7 N–H and O–H groups in total. The number of benzene rings is 2. The van der Waals surface area contributed by atoms with E-state index in [1.165, 1.54) is 43.5 Å². The van der Waals surface area contributed by atoms with Gasteiger partial charge >= 0.3 is 0 Å². The van der Waals surface area contributed by atoms with E-state index in [-0.39, 0.29) is 33.5 Å². The van der Waals surface area contributed by atoms with E-state index in [0.29, 0.717) is 5.56 Å². The molecule has 3 aromatic rings. The van der Waals surface area contributed by atoms with Gasteiger partial charge in [-0.15, -0.1) is 0 Å². The molecular weight excluding hydrogens is 532 g/mol. The van der Waals surface area contributed by atoms with Crippen LogP contribution in [0.1, 0.15) is 6.92 Å². The van der Waals surface area contributed by atoms with Crippen molar-refractivity contribution < 1.29 is 59.1 Å². The summed E-state index contributed by atoms with van der Waals surface area (Å²) in [7, 11) is 0. The highest BCUT2D eigenvalue weighted by atomic mass is 16.7. The zero-order valence-corrected chi connectivity index (χ0v) is 21.2. The lowest BCUT2D eigenvalue weighted by molar-refractivity contribution is -0.277. The van der Waals surface area contributed by atoms with Crippen LogP contribution in [0.3, 0.4) is 0 Å². The molecule has 40 heavy (non-hydrogen) atoms. The van der Waals surface area contributed by atoms with Gasteiger partial charge < -0.3 is 59.1 Å². The van der Waals surface area contributed by atoms with Crippen LogP contribution >= 0.6 is 0 Å². The van der Waals surface area contributed by atoms with Crippen LogP contribution < -0.4 is 14.9 Å². The highest BCUT2D eigenvalue weighted by Gasteiger charge is 2.45. The number of hydrogen-bond donors (Lipinski definition) is 7. The second-order valence-electron chi connectivity index (χ2n) is 9.78. The number of hydrogen-bond acceptors (Lipinski definition) is 13. The summed E-state index contributed by atoms with van der Waals surface area (Å²) in [6.45, 7) is 0.947. The Bertz CT molecular complexity index is 1370. The third kappa shape index (κ3) is 5.31. The average molecular weight is 563 g/mol. The summed E-state index contributed by atoms with van der Waals surface area (Å²) < 4.78 is 27.7. The molecule has 1 aromatic heterocycles. The van der Waals surface area contributed by atoms with Gasteiger partial charge in [-0.3, -0.25) is 4.79 Å². The molecule has 0 saturated carbocycles. The Hall–Kier alpha value is -3.11. The van der Waals surface area contributed by atoms with Crippen LogP contribution in [-0.4, -0.2) is 104 Å². The standard InChI is InChI=1S/C27H30O13/c1-11-19(29)22(32)24(34)26(37-11)39-14-6-7-15-17(8-14)36-10-16(20(15)30)12-2-4-13(5-3-12)38-27-25(35)23(33)21(31)18(9-28)40-27/h2-8,10-11,18-19,21-29,31-35H,9H2,1H3/t11-,18+,19-,21+,22+,23-,24+,25+,26-,27+/m0/s1. The Kier molecular flexibility index (Phi) is 8.10. The van der Waals surface area contributed by atoms with Gasteiger partial charge in [0.2, 0.25) is 12.6 Å². The van der Waals surface area contributed by atoms with Crippen molar-refractivity contribution in [3.05, 3.63) is 59.0 Å². The summed E-state index contributed by atoms with van der Waals surface area (Å²) in [6, 6.07) is 10.6. The summed E-state index contributed by atoms with van der Waals surface area (Å²) in [5.74, 6) is 0.442. The van der Waals surface area contributed by atoms with Gasteiger partial charge in [0.15, 0.2) is 5.43 Å². The first-order chi connectivity index (χ1) is 19.1. The van der Waals surface area contributed by atoms with Gasteiger partial charge in [0.1, 0.15) is 66.1 Å². The molecule has 3 heterocycles. The summed E-state index contributed by atoms with van der Waals surface area (Å²) in [4.78, 5) is 13.2. The topological polar surface area (TPSA) is 209 Å². The quantitative estimate of drug-likeness (QED) is 0.189. The van der Waals surface area contributed by atoms with Gasteiger partial charge in [-0.2, -0.15) is 0 Å². The molecule has 0 unspecified atom stereocenters. The predicted octanol–water partition coefficient (Wildman–Crippen LogP) is -1.16. The molecule has 0 aliphatic carbocycles. The van der Waals surface area contributed by atoms with Gasteiger partial charge in [-0.05, 0) is 36.8 Å². The molecule has 2 aliphatic rings. The first-order valence-corrected chi connectivity index (χ1v) is 12.6. The Morgan fingerprint density at radius 2 is 1.35 bits per heavy atom. The largest absolute Gasteiger partial charge is 0.463 e. The Morgan fingerprint density at radius 3 is 2.02 bits per heavy atom. The molecule has 10 atom stereocenters. The van der Waals surface area contributed by atoms with E-state index in [1.54, 1.807) is 12.1 Å². The first-order valence-electron chi connectivity index (χ1n) is 12.6. The van der Waals surface area contributed by atoms with Crippen molar-refractivity contribution in [1.29, 1.82) is 0 Å². The third-order valence-electron chi connectivity index (χ3n) is 7.07. The fraction of sp³-hybridized carbons (Fsp3) is 0.444. The van der Waals surface area contributed by atoms with Crippen LogP contribution in [0.15, 0.2) is 57.9 Å². The molecule has 0 spiro atoms. The molecular formula is C27H30O13. The highest BCUT2D eigenvalue weighted by Crippen LogP contribution is 2.29. The van der Waals surface area contributed by atoms with E-state index < -0.39 is 68.0 Å². The molecule has 0 bridgehead atoms. The number of aliphatic hydroxyl groups is 7. The molecule has 216 valence electrons. The second kappa shape index (κ2) is 11.4. The molecule has 2 saturated heterocycles. The van der Waals surface area contributed by atoms with Crippen LogP contribution in [0.2, 0.25) is 0 Å². The second-order valence-corrected chi connectivity index (χ2v) is 9.78. The maximum Gasteiger partial charge on any atom is 0.229 e. The summed E-state index contributed by atoms with van der Waals surface area (Å²) in [5, 5.41) is 69.6. The van der Waals surface area contributed by atoms with Crippen molar-refractivity contribution >= 4 is 11.0 Å². The van der Waals surface area contributed by atoms with Crippen molar-refractivity contribution in [2.45, 2.75) is 68.3 Å². The van der Waals surface area contributed by atoms with Crippen LogP contribution in [-0.2, 0) is 9.47 Å². The summed E-state index contributed by atoms with van der Waals surface area (Å²) in [5.41, 5.74) is 0.610. The zero-order chi connectivity index (χ0) is 28.7. The van der Waals surface area contributed by atoms with E-state index in [0.717, 1.165) is 0 Å². The predicted molar refractivity (Wildman–Crippen MR) is 135 cm³/mol. The molecule has 0 amide bonds. The smallest absolute Gasteiger partial charge is 0.229 e. The van der Waals surface area contributed by atoms with Gasteiger partial charge in [0.05, 0.1) is 23.7 Å². The van der Waals surface area contributed by atoms with Gasteiger partial charge in [0, 0.05) is 6.07 Å². The van der Waals surface area contributed by atoms with Gasteiger partial charge in [0.25, 0.3) is 0 Å². The number of rotatable bonds is 6. The molecule has 2 aromatic carbocycles. The normalized spacial score (nSPS) is 34.5. The van der Waals surface area contributed by atoms with Crippen molar-refractivity contribution in [2.75, 3.05) is 6.61 Å². The van der Waals surface area contributed by atoms with Crippen LogP contribution in [0.25, 0.3) is 22.1 Å². The lowest BCUT2D eigenvalue weighted by Gasteiger charge is -2.39. The van der Waals surface area contributed by atoms with Crippen molar-refractivity contribution in [3.8, 4) is 22.6 Å². The van der Waals surface area contributed by atoms with Crippen LogP contribution in [0.4, 0.5) is 0 Å². The van der Waals surface area contributed by atoms with E-state index in [9.17, 15) is 40.5 Å². The minimum atomic E-state index is -1.58. The van der Waals surface area contributed by atoms with E-state index in [1.807, 2.05) is 0 Å². The van der Waals surface area contributed by atoms with Crippen LogP contribution in [0, 0.1) is 0 Å². The van der Waals surface area contributed by atoms with E-state index in [2.05, 4.69) is 0 Å². The molecule has 2 aliphatic heterocycles. The average Bonchev–Trinajstić information content (AvgIpc) is 2.95. The molecule has 13 heteroatoms. The van der Waals surface area contributed by atoms with Crippen molar-refractivity contribution in [3.63, 3.8) is 0 Å². The van der Waals surface area contributed by atoms with E-state index in [4.69, 9.17) is 23.4 Å². The highest BCUT2D eigenvalue weighted by molar-refractivity contribution is 5.82.